The van der Waals surface area contributed by atoms with Crippen LogP contribution in [0.25, 0.3) is 0 Å². The molecule has 0 saturated heterocycles. The number of hydrogen-bond acceptors (Lipinski definition) is 6. The van der Waals surface area contributed by atoms with Gasteiger partial charge in [-0.05, 0) is 36.4 Å². The molecule has 1 aromatic heterocycles. The van der Waals surface area contributed by atoms with Crippen LogP contribution in [0.3, 0.4) is 0 Å². The normalized spacial score (nSPS) is 12.5. The molecule has 29 heavy (non-hydrogen) atoms. The van der Waals surface area contributed by atoms with E-state index in [9.17, 15) is 4.79 Å². The second-order valence-corrected chi connectivity index (χ2v) is 6.33. The second-order valence-electron chi connectivity index (χ2n) is 6.33. The Hall–Kier alpha value is -3.92. The Morgan fingerprint density at radius 3 is 2.76 bits per heavy atom. The number of nitrogens with zero attached hydrogens (tertiary/aromatic N) is 1. The first-order valence-corrected chi connectivity index (χ1v) is 9.14. The molecular weight excluding hydrogens is 372 g/mol. The van der Waals surface area contributed by atoms with E-state index in [0.717, 1.165) is 6.42 Å². The highest BCUT2D eigenvalue weighted by Crippen LogP contribution is 2.32. The minimum atomic E-state index is -0.386. The van der Waals surface area contributed by atoms with Crippen LogP contribution in [0.2, 0.25) is 0 Å². The number of fused-ring (bicyclic) bond motifs is 1. The lowest BCUT2D eigenvalue weighted by Crippen LogP contribution is -2.11. The van der Waals surface area contributed by atoms with Gasteiger partial charge in [0.25, 0.3) is 5.91 Å². The fraction of sp³-hybridized carbons (Fsp3) is 0.182. The smallest absolute Gasteiger partial charge is 0.291 e. The van der Waals surface area contributed by atoms with Gasteiger partial charge in [-0.25, -0.2) is 0 Å². The number of amides is 1. The lowest BCUT2D eigenvalue weighted by molar-refractivity contribution is 0.0992. The maximum atomic E-state index is 12.5. The summed E-state index contributed by atoms with van der Waals surface area (Å²) in [6, 6.07) is 17.5. The maximum Gasteiger partial charge on any atom is 0.291 e. The van der Waals surface area contributed by atoms with Gasteiger partial charge >= 0.3 is 0 Å². The predicted octanol–water partition coefficient (Wildman–Crippen LogP) is 4.14. The molecule has 7 nitrogen and oxygen atoms in total. The Morgan fingerprint density at radius 1 is 1.07 bits per heavy atom. The number of para-hydroxylation sites is 1. The summed E-state index contributed by atoms with van der Waals surface area (Å²) in [6.45, 7) is 1.28. The number of nitrogens with one attached hydrogen (secondary N) is 1. The van der Waals surface area contributed by atoms with E-state index in [1.807, 2.05) is 0 Å². The van der Waals surface area contributed by atoms with Crippen molar-refractivity contribution in [3.63, 3.8) is 0 Å². The first-order valence-electron chi connectivity index (χ1n) is 9.14. The van der Waals surface area contributed by atoms with Gasteiger partial charge in [0, 0.05) is 18.2 Å². The molecule has 0 spiro atoms. The van der Waals surface area contributed by atoms with Gasteiger partial charge in [0.2, 0.25) is 0 Å². The van der Waals surface area contributed by atoms with E-state index in [2.05, 4.69) is 11.4 Å². The Morgan fingerprint density at radius 2 is 1.90 bits per heavy atom. The number of benzene rings is 2. The highest BCUT2D eigenvalue weighted by Gasteiger charge is 2.15. The van der Waals surface area contributed by atoms with Gasteiger partial charge in [-0.3, -0.25) is 4.79 Å². The van der Waals surface area contributed by atoms with Crippen molar-refractivity contribution in [2.45, 2.75) is 13.0 Å². The van der Waals surface area contributed by atoms with E-state index in [1.165, 1.54) is 0 Å². The molecule has 0 atom stereocenters. The first kappa shape index (κ1) is 18.4. The van der Waals surface area contributed by atoms with Crippen molar-refractivity contribution >= 4 is 11.6 Å². The zero-order chi connectivity index (χ0) is 20.1. The van der Waals surface area contributed by atoms with Crippen LogP contribution in [0, 0.1) is 11.3 Å². The topological polar surface area (TPSA) is 93.7 Å². The quantitative estimate of drug-likeness (QED) is 0.704. The molecule has 146 valence electrons. The van der Waals surface area contributed by atoms with Crippen LogP contribution in [0.15, 0.2) is 59.0 Å². The summed E-state index contributed by atoms with van der Waals surface area (Å²) in [5.74, 6) is 1.97. The Labute approximate surface area is 167 Å². The van der Waals surface area contributed by atoms with Crippen LogP contribution in [-0.4, -0.2) is 19.1 Å². The third-order valence-electron chi connectivity index (χ3n) is 4.27. The largest absolute Gasteiger partial charge is 0.490 e. The molecule has 1 N–H and O–H groups in total. The minimum Gasteiger partial charge on any atom is -0.490 e. The van der Waals surface area contributed by atoms with Crippen LogP contribution < -0.4 is 19.5 Å². The number of carbonyl (C=O) groups is 1. The first-order chi connectivity index (χ1) is 14.2. The molecule has 0 radical (unpaired) electrons. The second kappa shape index (κ2) is 8.40. The van der Waals surface area contributed by atoms with E-state index < -0.39 is 0 Å². The lowest BCUT2D eigenvalue weighted by Gasteiger charge is -2.09. The van der Waals surface area contributed by atoms with Gasteiger partial charge in [0.1, 0.15) is 24.2 Å². The van der Waals surface area contributed by atoms with Crippen molar-refractivity contribution in [2.24, 2.45) is 0 Å². The van der Waals surface area contributed by atoms with E-state index in [-0.39, 0.29) is 18.3 Å². The van der Waals surface area contributed by atoms with Crippen molar-refractivity contribution in [1.82, 2.24) is 0 Å². The molecule has 0 saturated carbocycles. The number of anilines is 1. The number of furan rings is 1. The molecule has 7 heteroatoms. The zero-order valence-corrected chi connectivity index (χ0v) is 15.5. The van der Waals surface area contributed by atoms with Crippen LogP contribution in [0.4, 0.5) is 5.69 Å². The Balaban J connectivity index is 1.40. The van der Waals surface area contributed by atoms with Gasteiger partial charge in [-0.1, -0.05) is 12.1 Å². The molecule has 0 aliphatic carbocycles. The fourth-order valence-corrected chi connectivity index (χ4v) is 2.85. The van der Waals surface area contributed by atoms with Crippen molar-refractivity contribution < 1.29 is 23.4 Å². The molecule has 1 aliphatic rings. The molecule has 2 heterocycles. The van der Waals surface area contributed by atoms with Crippen LogP contribution in [0.1, 0.15) is 28.3 Å². The minimum absolute atomic E-state index is 0.107. The summed E-state index contributed by atoms with van der Waals surface area (Å²) in [6.07, 6.45) is 0.812. The standard InChI is InChI=1S/C22H18N2O5/c23-13-15-4-1-2-5-18(15)28-14-17-7-9-20(29-17)22(25)24-16-6-8-19-21(12-16)27-11-3-10-26-19/h1-2,4-9,12H,3,10-11,14H2,(H,24,25). The summed E-state index contributed by atoms with van der Waals surface area (Å²) in [5, 5.41) is 11.9. The van der Waals surface area contributed by atoms with Gasteiger partial charge in [0.15, 0.2) is 17.3 Å². The average molecular weight is 390 g/mol. The average Bonchev–Trinajstić information content (AvgIpc) is 3.10. The summed E-state index contributed by atoms with van der Waals surface area (Å²) in [4.78, 5) is 12.5. The summed E-state index contributed by atoms with van der Waals surface area (Å²) in [7, 11) is 0. The van der Waals surface area contributed by atoms with Crippen molar-refractivity contribution in [3.8, 4) is 23.3 Å². The van der Waals surface area contributed by atoms with Gasteiger partial charge < -0.3 is 23.9 Å². The van der Waals surface area contributed by atoms with Crippen molar-refractivity contribution in [2.75, 3.05) is 18.5 Å². The molecule has 1 aliphatic heterocycles. The van der Waals surface area contributed by atoms with Gasteiger partial charge in [0.05, 0.1) is 18.8 Å². The Bertz CT molecular complexity index is 1070. The van der Waals surface area contributed by atoms with Gasteiger partial charge in [-0.2, -0.15) is 5.26 Å². The molecule has 1 amide bonds. The summed E-state index contributed by atoms with van der Waals surface area (Å²) in [5.41, 5.74) is 1.02. The molecule has 3 aromatic rings. The van der Waals surface area contributed by atoms with Crippen LogP contribution in [0.5, 0.6) is 17.2 Å². The third kappa shape index (κ3) is 4.33. The molecule has 0 unspecified atom stereocenters. The lowest BCUT2D eigenvalue weighted by atomic mass is 10.2. The van der Waals surface area contributed by atoms with E-state index in [1.54, 1.807) is 54.6 Å². The number of hydrogen-bond donors (Lipinski definition) is 1. The summed E-state index contributed by atoms with van der Waals surface area (Å²) < 4.78 is 22.4. The van der Waals surface area contributed by atoms with Gasteiger partial charge in [-0.15, -0.1) is 0 Å². The van der Waals surface area contributed by atoms with Crippen LogP contribution >= 0.6 is 0 Å². The van der Waals surface area contributed by atoms with E-state index in [4.69, 9.17) is 23.9 Å². The number of rotatable bonds is 5. The molecule has 0 fully saturated rings. The van der Waals surface area contributed by atoms with Crippen molar-refractivity contribution in [1.29, 1.82) is 5.26 Å². The fourth-order valence-electron chi connectivity index (χ4n) is 2.85. The molecule has 4 rings (SSSR count). The highest BCUT2D eigenvalue weighted by atomic mass is 16.5. The SMILES string of the molecule is N#Cc1ccccc1OCc1ccc(C(=O)Nc2ccc3c(c2)OCCCO3)o1. The predicted molar refractivity (Wildman–Crippen MR) is 104 cm³/mol. The third-order valence-corrected chi connectivity index (χ3v) is 4.27. The zero-order valence-electron chi connectivity index (χ0n) is 15.5. The highest BCUT2D eigenvalue weighted by molar-refractivity contribution is 6.02. The number of nitriles is 1. The summed E-state index contributed by atoms with van der Waals surface area (Å²) >= 11 is 0. The van der Waals surface area contributed by atoms with E-state index >= 15 is 0 Å². The van der Waals surface area contributed by atoms with Crippen molar-refractivity contribution in [3.05, 3.63) is 71.7 Å². The monoisotopic (exact) mass is 390 g/mol. The molecular formula is C22H18N2O5. The van der Waals surface area contributed by atoms with Crippen LogP contribution in [-0.2, 0) is 6.61 Å². The molecule has 0 bridgehead atoms. The number of ether oxygens (including phenoxy) is 3. The maximum absolute atomic E-state index is 12.5. The number of carbonyl (C=O) groups excluding carboxylic acids is 1. The molecule has 2 aromatic carbocycles. The van der Waals surface area contributed by atoms with E-state index in [0.29, 0.717) is 47.5 Å². The Kier molecular flexibility index (Phi) is 5.34.